The van der Waals surface area contributed by atoms with Crippen molar-refractivity contribution in [2.75, 3.05) is 6.54 Å². The zero-order valence-electron chi connectivity index (χ0n) is 11.9. The van der Waals surface area contributed by atoms with Crippen LogP contribution in [0.3, 0.4) is 0 Å². The Hall–Kier alpha value is -1.94. The van der Waals surface area contributed by atoms with Crippen molar-refractivity contribution < 1.29 is 0 Å². The van der Waals surface area contributed by atoms with Gasteiger partial charge < -0.3 is 10.3 Å². The molecule has 1 aromatic carbocycles. The molecule has 0 bridgehead atoms. The van der Waals surface area contributed by atoms with Gasteiger partial charge in [-0.1, -0.05) is 29.3 Å². The number of aromatic nitrogens is 2. The third kappa shape index (κ3) is 2.65. The van der Waals surface area contributed by atoms with Crippen molar-refractivity contribution in [3.05, 3.63) is 62.3 Å². The van der Waals surface area contributed by atoms with E-state index in [2.05, 4.69) is 47.3 Å². The number of aryl methyl sites for hydroxylation is 2. The highest BCUT2D eigenvalue weighted by Gasteiger charge is 2.15. The molecule has 0 spiro atoms. The molecule has 3 rings (SSSR count). The maximum atomic E-state index is 12.1. The van der Waals surface area contributed by atoms with E-state index in [4.69, 9.17) is 0 Å². The van der Waals surface area contributed by atoms with E-state index in [9.17, 15) is 4.79 Å². The minimum absolute atomic E-state index is 0.00146. The summed E-state index contributed by atoms with van der Waals surface area (Å²) in [5.74, 6) is 0.764. The summed E-state index contributed by atoms with van der Waals surface area (Å²) in [5.41, 5.74) is 5.42. The molecule has 0 amide bonds. The van der Waals surface area contributed by atoms with Crippen LogP contribution in [-0.4, -0.2) is 16.5 Å². The Morgan fingerprint density at radius 3 is 2.70 bits per heavy atom. The first-order chi connectivity index (χ1) is 9.61. The second-order valence-corrected chi connectivity index (χ2v) is 5.54. The molecular formula is C16H19N3O. The van der Waals surface area contributed by atoms with Crippen molar-refractivity contribution in [2.24, 2.45) is 0 Å². The molecule has 0 atom stereocenters. The molecule has 2 heterocycles. The van der Waals surface area contributed by atoms with E-state index in [1.54, 1.807) is 0 Å². The molecule has 4 heteroatoms. The second kappa shape index (κ2) is 5.21. The Labute approximate surface area is 118 Å². The average Bonchev–Trinajstić information content (AvgIpc) is 2.37. The van der Waals surface area contributed by atoms with Crippen LogP contribution in [0.1, 0.15) is 33.8 Å². The topological polar surface area (TPSA) is 57.8 Å². The predicted octanol–water partition coefficient (Wildman–Crippen LogP) is 1.62. The largest absolute Gasteiger partial charge is 0.312 e. The molecule has 4 nitrogen and oxygen atoms in total. The molecule has 0 saturated carbocycles. The van der Waals surface area contributed by atoms with Gasteiger partial charge in [-0.15, -0.1) is 0 Å². The maximum absolute atomic E-state index is 12.1. The minimum atomic E-state index is 0.00146. The van der Waals surface area contributed by atoms with Gasteiger partial charge in [0.25, 0.3) is 5.56 Å². The normalized spacial score (nSPS) is 14.1. The number of benzene rings is 1. The van der Waals surface area contributed by atoms with Gasteiger partial charge in [-0.3, -0.25) is 4.79 Å². The van der Waals surface area contributed by atoms with Crippen LogP contribution in [0.25, 0.3) is 0 Å². The first kappa shape index (κ1) is 13.1. The third-order valence-electron chi connectivity index (χ3n) is 3.64. The number of fused-ring (bicyclic) bond motifs is 1. The van der Waals surface area contributed by atoms with Crippen LogP contribution in [-0.2, 0) is 19.4 Å². The fourth-order valence-corrected chi connectivity index (χ4v) is 2.85. The average molecular weight is 269 g/mol. The number of hydrogen-bond donors (Lipinski definition) is 2. The smallest absolute Gasteiger partial charge is 0.255 e. The Balaban J connectivity index is 1.95. The SMILES string of the molecule is Cc1cc(C)cc(Cc2nc3c(c(=O)[nH]2)CNCC3)c1. The molecule has 20 heavy (non-hydrogen) atoms. The summed E-state index contributed by atoms with van der Waals surface area (Å²) in [6.45, 7) is 5.70. The van der Waals surface area contributed by atoms with E-state index in [-0.39, 0.29) is 5.56 Å². The highest BCUT2D eigenvalue weighted by atomic mass is 16.1. The van der Waals surface area contributed by atoms with Gasteiger partial charge in [0, 0.05) is 25.9 Å². The number of aromatic amines is 1. The molecule has 2 N–H and O–H groups in total. The predicted molar refractivity (Wildman–Crippen MR) is 79.0 cm³/mol. The van der Waals surface area contributed by atoms with Crippen molar-refractivity contribution in [2.45, 2.75) is 33.2 Å². The molecule has 104 valence electrons. The van der Waals surface area contributed by atoms with Crippen LogP contribution >= 0.6 is 0 Å². The second-order valence-electron chi connectivity index (χ2n) is 5.54. The third-order valence-corrected chi connectivity index (χ3v) is 3.64. The van der Waals surface area contributed by atoms with Crippen molar-refractivity contribution in [3.63, 3.8) is 0 Å². The van der Waals surface area contributed by atoms with Gasteiger partial charge in [-0.2, -0.15) is 0 Å². The molecule has 0 saturated heterocycles. The van der Waals surface area contributed by atoms with Crippen molar-refractivity contribution in [3.8, 4) is 0 Å². The molecule has 0 fully saturated rings. The van der Waals surface area contributed by atoms with Crippen LogP contribution in [0.2, 0.25) is 0 Å². The fourth-order valence-electron chi connectivity index (χ4n) is 2.85. The van der Waals surface area contributed by atoms with Gasteiger partial charge in [0.05, 0.1) is 11.3 Å². The van der Waals surface area contributed by atoms with E-state index in [1.807, 2.05) is 0 Å². The Bertz CT molecular complexity index is 683. The van der Waals surface area contributed by atoms with Crippen LogP contribution in [0.5, 0.6) is 0 Å². The summed E-state index contributed by atoms with van der Waals surface area (Å²) in [7, 11) is 0. The zero-order chi connectivity index (χ0) is 14.1. The molecule has 0 radical (unpaired) electrons. The minimum Gasteiger partial charge on any atom is -0.312 e. The maximum Gasteiger partial charge on any atom is 0.255 e. The van der Waals surface area contributed by atoms with Gasteiger partial charge in [-0.05, 0) is 19.4 Å². The summed E-state index contributed by atoms with van der Waals surface area (Å²) in [5, 5.41) is 3.21. The van der Waals surface area contributed by atoms with Gasteiger partial charge in [-0.25, -0.2) is 4.98 Å². The Kier molecular flexibility index (Phi) is 3.40. The van der Waals surface area contributed by atoms with E-state index >= 15 is 0 Å². The van der Waals surface area contributed by atoms with Crippen molar-refractivity contribution in [1.82, 2.24) is 15.3 Å². The first-order valence-corrected chi connectivity index (χ1v) is 7.00. The van der Waals surface area contributed by atoms with Crippen molar-refractivity contribution in [1.29, 1.82) is 0 Å². The van der Waals surface area contributed by atoms with Crippen molar-refractivity contribution >= 4 is 0 Å². The summed E-state index contributed by atoms with van der Waals surface area (Å²) >= 11 is 0. The van der Waals surface area contributed by atoms with Gasteiger partial charge in [0.1, 0.15) is 5.82 Å². The lowest BCUT2D eigenvalue weighted by Gasteiger charge is -2.16. The summed E-state index contributed by atoms with van der Waals surface area (Å²) in [6.07, 6.45) is 1.51. The highest BCUT2D eigenvalue weighted by molar-refractivity contribution is 5.31. The lowest BCUT2D eigenvalue weighted by atomic mass is 10.0. The molecular weight excluding hydrogens is 250 g/mol. The van der Waals surface area contributed by atoms with Crippen LogP contribution in [0, 0.1) is 13.8 Å². The monoisotopic (exact) mass is 269 g/mol. The number of rotatable bonds is 2. The standard InChI is InChI=1S/C16H19N3O/c1-10-5-11(2)7-12(6-10)8-15-18-14-3-4-17-9-13(14)16(20)19-15/h5-7,17H,3-4,8-9H2,1-2H3,(H,18,19,20). The fraction of sp³-hybridized carbons (Fsp3) is 0.375. The van der Waals surface area contributed by atoms with Crippen LogP contribution in [0.15, 0.2) is 23.0 Å². The molecule has 1 aliphatic rings. The first-order valence-electron chi connectivity index (χ1n) is 7.00. The van der Waals surface area contributed by atoms with Gasteiger partial charge in [0.2, 0.25) is 0 Å². The Morgan fingerprint density at radius 2 is 1.95 bits per heavy atom. The Morgan fingerprint density at radius 1 is 1.20 bits per heavy atom. The number of nitrogens with zero attached hydrogens (tertiary/aromatic N) is 1. The van der Waals surface area contributed by atoms with E-state index < -0.39 is 0 Å². The van der Waals surface area contributed by atoms with E-state index in [0.29, 0.717) is 13.0 Å². The zero-order valence-corrected chi connectivity index (χ0v) is 11.9. The van der Waals surface area contributed by atoms with Gasteiger partial charge >= 0.3 is 0 Å². The lowest BCUT2D eigenvalue weighted by Crippen LogP contribution is -2.32. The van der Waals surface area contributed by atoms with Crippen LogP contribution in [0.4, 0.5) is 0 Å². The lowest BCUT2D eigenvalue weighted by molar-refractivity contribution is 0.615. The summed E-state index contributed by atoms with van der Waals surface area (Å²) in [6, 6.07) is 6.44. The molecule has 1 aliphatic heterocycles. The summed E-state index contributed by atoms with van der Waals surface area (Å²) in [4.78, 5) is 19.6. The number of nitrogens with one attached hydrogen (secondary N) is 2. The number of hydrogen-bond acceptors (Lipinski definition) is 3. The number of H-pyrrole nitrogens is 1. The molecule has 0 aliphatic carbocycles. The highest BCUT2D eigenvalue weighted by Crippen LogP contribution is 2.13. The van der Waals surface area contributed by atoms with Gasteiger partial charge in [0.15, 0.2) is 0 Å². The molecule has 1 aromatic heterocycles. The van der Waals surface area contributed by atoms with E-state index in [1.165, 1.54) is 16.7 Å². The van der Waals surface area contributed by atoms with Crippen LogP contribution < -0.4 is 10.9 Å². The molecule has 0 unspecified atom stereocenters. The quantitative estimate of drug-likeness (QED) is 0.871. The summed E-state index contributed by atoms with van der Waals surface area (Å²) < 4.78 is 0. The molecule has 2 aromatic rings. The van der Waals surface area contributed by atoms with E-state index in [0.717, 1.165) is 30.0 Å².